The Labute approximate surface area is 134 Å². The van der Waals surface area contributed by atoms with Crippen LogP contribution in [0.2, 0.25) is 5.02 Å². The third-order valence-corrected chi connectivity index (χ3v) is 3.65. The quantitative estimate of drug-likeness (QED) is 0.497. The number of hydrogen-bond donors (Lipinski definition) is 1. The Morgan fingerprint density at radius 2 is 2.18 bits per heavy atom. The highest BCUT2D eigenvalue weighted by Gasteiger charge is 2.08. The molecule has 0 saturated carbocycles. The van der Waals surface area contributed by atoms with Crippen molar-refractivity contribution < 1.29 is 14.5 Å². The molecular formula is C13H10ClN3O4S. The van der Waals surface area contributed by atoms with Crippen LogP contribution in [0.1, 0.15) is 4.88 Å². The highest BCUT2D eigenvalue weighted by molar-refractivity contribution is 7.16. The third kappa shape index (κ3) is 4.54. The monoisotopic (exact) mass is 339 g/mol. The van der Waals surface area contributed by atoms with Crippen molar-refractivity contribution in [3.8, 4) is 5.75 Å². The summed E-state index contributed by atoms with van der Waals surface area (Å²) in [4.78, 5) is 22.1. The first-order valence-corrected chi connectivity index (χ1v) is 7.19. The van der Waals surface area contributed by atoms with Gasteiger partial charge in [-0.2, -0.15) is 5.10 Å². The molecule has 0 radical (unpaired) electrons. The molecule has 0 aliphatic rings. The maximum Gasteiger partial charge on any atom is 0.324 e. The summed E-state index contributed by atoms with van der Waals surface area (Å²) >= 11 is 6.84. The van der Waals surface area contributed by atoms with E-state index in [-0.39, 0.29) is 11.6 Å². The number of rotatable bonds is 6. The molecule has 7 nitrogen and oxygen atoms in total. The van der Waals surface area contributed by atoms with E-state index in [0.717, 1.165) is 11.3 Å². The van der Waals surface area contributed by atoms with Gasteiger partial charge < -0.3 is 4.74 Å². The number of thiophene rings is 1. The minimum Gasteiger partial charge on any atom is -0.482 e. The van der Waals surface area contributed by atoms with E-state index in [1.54, 1.807) is 30.3 Å². The van der Waals surface area contributed by atoms with Crippen LogP contribution in [-0.2, 0) is 4.79 Å². The number of benzene rings is 1. The number of para-hydroxylation sites is 1. The summed E-state index contributed by atoms with van der Waals surface area (Å²) < 4.78 is 5.23. The summed E-state index contributed by atoms with van der Waals surface area (Å²) in [5, 5.41) is 14.6. The predicted octanol–water partition coefficient (Wildman–Crippen LogP) is 2.84. The van der Waals surface area contributed by atoms with E-state index in [4.69, 9.17) is 16.3 Å². The van der Waals surface area contributed by atoms with Gasteiger partial charge in [0.05, 0.1) is 21.0 Å². The maximum atomic E-state index is 11.5. The second-order valence-electron chi connectivity index (χ2n) is 3.95. The average Bonchev–Trinajstić information content (AvgIpc) is 2.95. The van der Waals surface area contributed by atoms with Crippen molar-refractivity contribution in [2.24, 2.45) is 5.10 Å². The van der Waals surface area contributed by atoms with E-state index in [2.05, 4.69) is 10.5 Å². The lowest BCUT2D eigenvalue weighted by atomic mass is 10.3. The van der Waals surface area contributed by atoms with Gasteiger partial charge in [0.15, 0.2) is 6.61 Å². The normalized spacial score (nSPS) is 10.6. The molecule has 9 heteroatoms. The number of nitrogens with zero attached hydrogens (tertiary/aromatic N) is 2. The first-order valence-electron chi connectivity index (χ1n) is 5.99. The van der Waals surface area contributed by atoms with Crippen molar-refractivity contribution in [1.29, 1.82) is 0 Å². The molecule has 1 aromatic heterocycles. The predicted molar refractivity (Wildman–Crippen MR) is 83.7 cm³/mol. The molecule has 1 aromatic carbocycles. The summed E-state index contributed by atoms with van der Waals surface area (Å²) in [6.07, 6.45) is 1.32. The van der Waals surface area contributed by atoms with Crippen molar-refractivity contribution in [3.05, 3.63) is 56.4 Å². The molecule has 0 atom stereocenters. The molecule has 2 rings (SSSR count). The number of nitrogens with one attached hydrogen (secondary N) is 1. The van der Waals surface area contributed by atoms with Gasteiger partial charge in [-0.3, -0.25) is 14.9 Å². The summed E-state index contributed by atoms with van der Waals surface area (Å²) in [5.74, 6) is -0.0700. The molecule has 0 unspecified atom stereocenters. The Balaban J connectivity index is 1.81. The lowest BCUT2D eigenvalue weighted by Gasteiger charge is -2.05. The Morgan fingerprint density at radius 3 is 2.86 bits per heavy atom. The van der Waals surface area contributed by atoms with Crippen LogP contribution in [-0.4, -0.2) is 23.7 Å². The van der Waals surface area contributed by atoms with Crippen LogP contribution in [0.25, 0.3) is 0 Å². The summed E-state index contributed by atoms with van der Waals surface area (Å²) in [6, 6.07) is 9.69. The van der Waals surface area contributed by atoms with Crippen LogP contribution in [0.15, 0.2) is 41.5 Å². The molecule has 0 spiro atoms. The molecule has 0 aliphatic carbocycles. The highest BCUT2D eigenvalue weighted by Crippen LogP contribution is 2.23. The van der Waals surface area contributed by atoms with Crippen LogP contribution < -0.4 is 10.2 Å². The second kappa shape index (κ2) is 7.53. The molecule has 2 aromatic rings. The van der Waals surface area contributed by atoms with Gasteiger partial charge in [0, 0.05) is 6.07 Å². The van der Waals surface area contributed by atoms with E-state index < -0.39 is 10.8 Å². The zero-order valence-electron chi connectivity index (χ0n) is 11.1. The SMILES string of the molecule is O=C(COc1ccccc1Cl)NN=Cc1ccc([N+](=O)[O-])s1. The second-order valence-corrected chi connectivity index (χ2v) is 5.45. The minimum atomic E-state index is -0.488. The molecular weight excluding hydrogens is 330 g/mol. The van der Waals surface area contributed by atoms with Gasteiger partial charge in [-0.1, -0.05) is 35.1 Å². The Bertz CT molecular complexity index is 717. The number of hydrogen-bond acceptors (Lipinski definition) is 6. The fourth-order valence-corrected chi connectivity index (χ4v) is 2.30. The molecule has 1 N–H and O–H groups in total. The topological polar surface area (TPSA) is 93.8 Å². The standard InChI is InChI=1S/C13H10ClN3O4S/c14-10-3-1-2-4-11(10)21-8-12(18)16-15-7-9-5-6-13(22-9)17(19)20/h1-7H,8H2,(H,16,18). The Hall–Kier alpha value is -2.45. The fraction of sp³-hybridized carbons (Fsp3) is 0.0769. The number of nitro groups is 1. The van der Waals surface area contributed by atoms with Gasteiger partial charge in [0.25, 0.3) is 5.91 Å². The molecule has 114 valence electrons. The van der Waals surface area contributed by atoms with Gasteiger partial charge in [0.1, 0.15) is 5.75 Å². The van der Waals surface area contributed by atoms with Gasteiger partial charge >= 0.3 is 5.00 Å². The number of carbonyl (C=O) groups is 1. The van der Waals surface area contributed by atoms with E-state index in [0.29, 0.717) is 15.6 Å². The van der Waals surface area contributed by atoms with Crippen molar-refractivity contribution in [2.45, 2.75) is 0 Å². The smallest absolute Gasteiger partial charge is 0.324 e. The molecule has 0 fully saturated rings. The van der Waals surface area contributed by atoms with Gasteiger partial charge in [-0.25, -0.2) is 5.43 Å². The van der Waals surface area contributed by atoms with Crippen molar-refractivity contribution in [2.75, 3.05) is 6.61 Å². The zero-order valence-corrected chi connectivity index (χ0v) is 12.6. The molecule has 1 heterocycles. The first kappa shape index (κ1) is 15.9. The summed E-state index contributed by atoms with van der Waals surface area (Å²) in [5.41, 5.74) is 2.26. The molecule has 0 aliphatic heterocycles. The van der Waals surface area contributed by atoms with Gasteiger partial charge in [-0.15, -0.1) is 0 Å². The van der Waals surface area contributed by atoms with Gasteiger partial charge in [-0.05, 0) is 18.2 Å². The van der Waals surface area contributed by atoms with Gasteiger partial charge in [0.2, 0.25) is 0 Å². The van der Waals surface area contributed by atoms with Crippen molar-refractivity contribution in [3.63, 3.8) is 0 Å². The number of ether oxygens (including phenoxy) is 1. The minimum absolute atomic E-state index is 0.00910. The molecule has 22 heavy (non-hydrogen) atoms. The summed E-state index contributed by atoms with van der Waals surface area (Å²) in [7, 11) is 0. The van der Waals surface area contributed by atoms with Crippen LogP contribution in [0.3, 0.4) is 0 Å². The Kier molecular flexibility index (Phi) is 5.45. The van der Waals surface area contributed by atoms with E-state index in [1.807, 2.05) is 0 Å². The molecule has 0 saturated heterocycles. The fourth-order valence-electron chi connectivity index (χ4n) is 1.41. The Morgan fingerprint density at radius 1 is 1.41 bits per heavy atom. The lowest BCUT2D eigenvalue weighted by Crippen LogP contribution is -2.24. The zero-order chi connectivity index (χ0) is 15.9. The van der Waals surface area contributed by atoms with Crippen molar-refractivity contribution >= 4 is 40.1 Å². The molecule has 0 bridgehead atoms. The van der Waals surface area contributed by atoms with Crippen LogP contribution in [0, 0.1) is 10.1 Å². The molecule has 1 amide bonds. The lowest BCUT2D eigenvalue weighted by molar-refractivity contribution is -0.380. The van der Waals surface area contributed by atoms with Crippen LogP contribution in [0.5, 0.6) is 5.75 Å². The number of halogens is 1. The van der Waals surface area contributed by atoms with E-state index in [9.17, 15) is 14.9 Å². The van der Waals surface area contributed by atoms with Crippen molar-refractivity contribution in [1.82, 2.24) is 5.43 Å². The van der Waals surface area contributed by atoms with E-state index >= 15 is 0 Å². The largest absolute Gasteiger partial charge is 0.482 e. The average molecular weight is 340 g/mol. The van der Waals surface area contributed by atoms with Crippen LogP contribution in [0.4, 0.5) is 5.00 Å². The number of carbonyl (C=O) groups excluding carboxylic acids is 1. The third-order valence-electron chi connectivity index (χ3n) is 2.37. The summed E-state index contributed by atoms with van der Waals surface area (Å²) in [6.45, 7) is -0.244. The maximum absolute atomic E-state index is 11.5. The van der Waals surface area contributed by atoms with Crippen LogP contribution >= 0.6 is 22.9 Å². The number of amides is 1. The highest BCUT2D eigenvalue weighted by atomic mass is 35.5. The first-order chi connectivity index (χ1) is 10.6. The van der Waals surface area contributed by atoms with E-state index in [1.165, 1.54) is 12.3 Å². The number of hydrazone groups is 1.